The molecule has 0 saturated heterocycles. The average molecular weight is 449 g/mol. The third-order valence-electron chi connectivity index (χ3n) is 5.39. The van der Waals surface area contributed by atoms with Gasteiger partial charge in [0, 0.05) is 22.9 Å². The number of hydrogen-bond donors (Lipinski definition) is 1. The van der Waals surface area contributed by atoms with Gasteiger partial charge in [-0.25, -0.2) is 4.98 Å². The van der Waals surface area contributed by atoms with Crippen LogP contribution in [0.3, 0.4) is 0 Å². The van der Waals surface area contributed by atoms with Crippen LogP contribution in [0, 0.1) is 5.92 Å². The normalized spacial score (nSPS) is 19.2. The molecule has 2 aliphatic rings. The van der Waals surface area contributed by atoms with E-state index in [0.29, 0.717) is 41.3 Å². The number of Topliss-reactive ketones (excluding diaryl/α,β-unsaturated/α-hetero) is 2. The van der Waals surface area contributed by atoms with E-state index in [9.17, 15) is 9.59 Å². The maximum absolute atomic E-state index is 13.4. The molecule has 1 aliphatic carbocycles. The molecule has 1 unspecified atom stereocenters. The summed E-state index contributed by atoms with van der Waals surface area (Å²) in [6.07, 6.45) is 2.31. The van der Waals surface area contributed by atoms with E-state index >= 15 is 0 Å². The minimum Gasteiger partial charge on any atom is -0.335 e. The quantitative estimate of drug-likeness (QED) is 0.769. The second-order valence-corrected chi connectivity index (χ2v) is 8.16. The minimum atomic E-state index is -0.856. The number of halogens is 2. The van der Waals surface area contributed by atoms with Gasteiger partial charge in [0.25, 0.3) is 0 Å². The van der Waals surface area contributed by atoms with Crippen molar-refractivity contribution in [1.29, 1.82) is 0 Å². The first-order valence-electron chi connectivity index (χ1n) is 9.48. The number of benzene rings is 1. The summed E-state index contributed by atoms with van der Waals surface area (Å²) in [7, 11) is 3.93. The van der Waals surface area contributed by atoms with Gasteiger partial charge in [-0.3, -0.25) is 14.6 Å². The standard InChI is InChI=1S/C22H24N4O2.2ClH/c1-22(2)20(28)16-14(10-11-26(3)4)19(27)18-17(15(16)12-23-22)24-21(25-18)13-8-6-5-7-9-13;;/h5-9,12,14H,10-11H2,1-4H3,(H,24,25);2*1H. The predicted molar refractivity (Wildman–Crippen MR) is 124 cm³/mol. The molecule has 2 aromatic rings. The van der Waals surface area contributed by atoms with Gasteiger partial charge in [-0.05, 0) is 40.9 Å². The van der Waals surface area contributed by atoms with Gasteiger partial charge in [0.2, 0.25) is 0 Å². The number of H-pyrrole nitrogens is 1. The Morgan fingerprint density at radius 3 is 2.40 bits per heavy atom. The number of aliphatic imine (C=N–C) groups is 1. The molecule has 2 heterocycles. The third kappa shape index (κ3) is 4.00. The maximum Gasteiger partial charge on any atom is 0.188 e. The molecule has 1 N–H and O–H groups in total. The topological polar surface area (TPSA) is 78.4 Å². The lowest BCUT2D eigenvalue weighted by Gasteiger charge is -2.32. The summed E-state index contributed by atoms with van der Waals surface area (Å²) in [4.78, 5) is 40.9. The van der Waals surface area contributed by atoms with Crippen molar-refractivity contribution in [3.8, 4) is 11.4 Å². The van der Waals surface area contributed by atoms with Crippen LogP contribution in [0.2, 0.25) is 0 Å². The molecule has 0 bridgehead atoms. The number of ketones is 2. The van der Waals surface area contributed by atoms with Crippen molar-refractivity contribution in [2.75, 3.05) is 20.6 Å². The van der Waals surface area contributed by atoms with Gasteiger partial charge in [-0.2, -0.15) is 0 Å². The predicted octanol–water partition coefficient (Wildman–Crippen LogP) is 3.87. The van der Waals surface area contributed by atoms with E-state index in [1.165, 1.54) is 0 Å². The first kappa shape index (κ1) is 24.0. The number of allylic oxidation sites excluding steroid dienone is 1. The molecule has 30 heavy (non-hydrogen) atoms. The van der Waals surface area contributed by atoms with Gasteiger partial charge in [0.05, 0.1) is 5.92 Å². The molecule has 1 aromatic carbocycles. The highest BCUT2D eigenvalue weighted by Crippen LogP contribution is 2.40. The number of nitrogens with one attached hydrogen (secondary N) is 1. The van der Waals surface area contributed by atoms with Crippen molar-refractivity contribution in [3.63, 3.8) is 0 Å². The molecule has 1 aromatic heterocycles. The van der Waals surface area contributed by atoms with E-state index in [4.69, 9.17) is 0 Å². The minimum absolute atomic E-state index is 0. The molecule has 1 atom stereocenters. The summed E-state index contributed by atoms with van der Waals surface area (Å²) in [5, 5.41) is 0. The first-order valence-corrected chi connectivity index (χ1v) is 9.48. The second-order valence-electron chi connectivity index (χ2n) is 8.16. The smallest absolute Gasteiger partial charge is 0.188 e. The lowest BCUT2D eigenvalue weighted by atomic mass is 9.73. The summed E-state index contributed by atoms with van der Waals surface area (Å²) in [6, 6.07) is 9.67. The van der Waals surface area contributed by atoms with Crippen LogP contribution in [0.15, 0.2) is 40.9 Å². The van der Waals surface area contributed by atoms with Crippen LogP contribution in [0.1, 0.15) is 36.5 Å². The van der Waals surface area contributed by atoms with Crippen LogP contribution in [0.25, 0.3) is 17.0 Å². The zero-order chi connectivity index (χ0) is 20.1. The largest absolute Gasteiger partial charge is 0.335 e. The van der Waals surface area contributed by atoms with Crippen molar-refractivity contribution in [2.45, 2.75) is 25.8 Å². The molecule has 0 spiro atoms. The van der Waals surface area contributed by atoms with Gasteiger partial charge in [-0.15, -0.1) is 24.8 Å². The summed E-state index contributed by atoms with van der Waals surface area (Å²) in [6.45, 7) is 4.30. The fourth-order valence-electron chi connectivity index (χ4n) is 3.79. The molecule has 0 amide bonds. The number of imidazole rings is 1. The van der Waals surface area contributed by atoms with Crippen molar-refractivity contribution < 1.29 is 9.59 Å². The van der Waals surface area contributed by atoms with E-state index in [0.717, 1.165) is 5.56 Å². The van der Waals surface area contributed by atoms with E-state index in [1.807, 2.05) is 49.3 Å². The Morgan fingerprint density at radius 2 is 1.77 bits per heavy atom. The van der Waals surface area contributed by atoms with Gasteiger partial charge in [0.1, 0.15) is 22.8 Å². The van der Waals surface area contributed by atoms with E-state index in [-0.39, 0.29) is 36.4 Å². The Bertz CT molecular complexity index is 1020. The van der Waals surface area contributed by atoms with Gasteiger partial charge in [-0.1, -0.05) is 30.3 Å². The number of fused-ring (bicyclic) bond motifs is 2. The second kappa shape index (κ2) is 8.84. The molecular formula is C22H26Cl2N4O2. The number of nitrogens with zero attached hydrogens (tertiary/aromatic N) is 3. The molecule has 160 valence electrons. The summed E-state index contributed by atoms with van der Waals surface area (Å²) in [5.74, 6) is -0.000936. The average Bonchev–Trinajstić information content (AvgIpc) is 3.11. The number of hydrogen-bond acceptors (Lipinski definition) is 5. The molecular weight excluding hydrogens is 423 g/mol. The molecule has 0 radical (unpaired) electrons. The Kier molecular flexibility index (Phi) is 7.07. The summed E-state index contributed by atoms with van der Waals surface area (Å²) in [5.41, 5.74) is 2.29. The van der Waals surface area contributed by atoms with Crippen molar-refractivity contribution in [1.82, 2.24) is 14.9 Å². The Labute approximate surface area is 188 Å². The van der Waals surface area contributed by atoms with Crippen LogP contribution in [0.5, 0.6) is 0 Å². The summed E-state index contributed by atoms with van der Waals surface area (Å²) >= 11 is 0. The number of carbonyl (C=O) groups excluding carboxylic acids is 2. The Morgan fingerprint density at radius 1 is 1.10 bits per heavy atom. The molecule has 0 fully saturated rings. The number of rotatable bonds is 4. The third-order valence-corrected chi connectivity index (χ3v) is 5.39. The fourth-order valence-corrected chi connectivity index (χ4v) is 3.79. The number of dihydropyridines is 1. The summed E-state index contributed by atoms with van der Waals surface area (Å²) < 4.78 is 0. The van der Waals surface area contributed by atoms with Crippen LogP contribution in [0.4, 0.5) is 0 Å². The number of aromatic nitrogens is 2. The Hall–Kier alpha value is -2.28. The van der Waals surface area contributed by atoms with Crippen LogP contribution in [-0.2, 0) is 4.79 Å². The maximum atomic E-state index is 13.4. The monoisotopic (exact) mass is 448 g/mol. The zero-order valence-electron chi connectivity index (χ0n) is 17.4. The van der Waals surface area contributed by atoms with E-state index < -0.39 is 11.5 Å². The van der Waals surface area contributed by atoms with Crippen LogP contribution >= 0.6 is 24.8 Å². The first-order chi connectivity index (χ1) is 13.3. The van der Waals surface area contributed by atoms with Crippen LogP contribution < -0.4 is 0 Å². The number of carbonyl (C=O) groups is 2. The van der Waals surface area contributed by atoms with Crippen molar-refractivity contribution >= 4 is 48.2 Å². The highest BCUT2D eigenvalue weighted by Gasteiger charge is 2.45. The highest BCUT2D eigenvalue weighted by atomic mass is 35.5. The SMILES string of the molecule is CN(C)CCC1C(=O)c2[nH]c(-c3ccccc3)nc2C2=C1C(=O)C(C)(C)N=C2.Cl.Cl. The lowest BCUT2D eigenvalue weighted by molar-refractivity contribution is -0.119. The van der Waals surface area contributed by atoms with Crippen LogP contribution in [-0.4, -0.2) is 58.8 Å². The molecule has 4 rings (SSSR count). The lowest BCUT2D eigenvalue weighted by Crippen LogP contribution is -2.41. The molecule has 1 aliphatic heterocycles. The van der Waals surface area contributed by atoms with Gasteiger partial charge >= 0.3 is 0 Å². The molecule has 8 heteroatoms. The van der Waals surface area contributed by atoms with Gasteiger partial charge in [0.15, 0.2) is 11.6 Å². The number of aromatic amines is 1. The van der Waals surface area contributed by atoms with Crippen molar-refractivity contribution in [2.24, 2.45) is 10.9 Å². The molecule has 6 nitrogen and oxygen atoms in total. The fraction of sp³-hybridized carbons (Fsp3) is 0.364. The van der Waals surface area contributed by atoms with Gasteiger partial charge < -0.3 is 9.88 Å². The Balaban J connectivity index is 0.00000160. The van der Waals surface area contributed by atoms with E-state index in [1.54, 1.807) is 20.1 Å². The van der Waals surface area contributed by atoms with E-state index in [2.05, 4.69) is 15.0 Å². The molecule has 0 saturated carbocycles. The zero-order valence-corrected chi connectivity index (χ0v) is 19.1. The highest BCUT2D eigenvalue weighted by molar-refractivity contribution is 6.30. The van der Waals surface area contributed by atoms with Crippen molar-refractivity contribution in [3.05, 3.63) is 47.3 Å².